The smallest absolute Gasteiger partial charge is 0.335 e. The van der Waals surface area contributed by atoms with Gasteiger partial charge in [0.25, 0.3) is 5.91 Å². The van der Waals surface area contributed by atoms with Crippen LogP contribution in [0, 0.1) is 0 Å². The summed E-state index contributed by atoms with van der Waals surface area (Å²) < 4.78 is 0.562. The van der Waals surface area contributed by atoms with E-state index >= 15 is 0 Å². The van der Waals surface area contributed by atoms with Gasteiger partial charge in [-0.3, -0.25) is 14.5 Å². The molecule has 2 N–H and O–H groups in total. The molecule has 0 saturated carbocycles. The van der Waals surface area contributed by atoms with E-state index in [4.69, 9.17) is 17.3 Å². The van der Waals surface area contributed by atoms with Gasteiger partial charge in [0, 0.05) is 18.7 Å². The average Bonchev–Trinajstić information content (AvgIpc) is 3.06. The average molecular weight is 483 g/mol. The van der Waals surface area contributed by atoms with Crippen molar-refractivity contribution in [1.82, 2.24) is 4.90 Å². The summed E-state index contributed by atoms with van der Waals surface area (Å²) in [6.07, 6.45) is 5.36. The molecule has 0 spiro atoms. The Morgan fingerprint density at radius 1 is 1.12 bits per heavy atom. The van der Waals surface area contributed by atoms with E-state index < -0.39 is 5.97 Å². The number of rotatable bonds is 10. The zero-order valence-corrected chi connectivity index (χ0v) is 20.0. The molecule has 1 aliphatic rings. The zero-order chi connectivity index (χ0) is 23.8. The van der Waals surface area contributed by atoms with Gasteiger partial charge in [-0.25, -0.2) is 4.79 Å². The van der Waals surface area contributed by atoms with Gasteiger partial charge in [0.2, 0.25) is 5.91 Å². The van der Waals surface area contributed by atoms with E-state index in [1.165, 1.54) is 29.5 Å². The number of aromatic carboxylic acids is 1. The Morgan fingerprint density at radius 2 is 1.88 bits per heavy atom. The lowest BCUT2D eigenvalue weighted by Crippen LogP contribution is -2.29. The normalized spacial score (nSPS) is 14.7. The lowest BCUT2D eigenvalue weighted by Gasteiger charge is -2.14. The van der Waals surface area contributed by atoms with E-state index in [-0.39, 0.29) is 17.4 Å². The minimum absolute atomic E-state index is 0.0689. The van der Waals surface area contributed by atoms with Crippen molar-refractivity contribution in [3.63, 3.8) is 0 Å². The molecule has 1 heterocycles. The molecular weight excluding hydrogens is 456 g/mol. The Morgan fingerprint density at radius 3 is 2.58 bits per heavy atom. The van der Waals surface area contributed by atoms with Crippen molar-refractivity contribution >= 4 is 57.8 Å². The van der Waals surface area contributed by atoms with Crippen LogP contribution in [-0.2, 0) is 16.0 Å². The third-order valence-corrected chi connectivity index (χ3v) is 6.62. The van der Waals surface area contributed by atoms with E-state index in [1.54, 1.807) is 17.0 Å². The highest BCUT2D eigenvalue weighted by Crippen LogP contribution is 2.32. The molecule has 33 heavy (non-hydrogen) atoms. The van der Waals surface area contributed by atoms with Crippen molar-refractivity contribution in [2.45, 2.75) is 39.0 Å². The van der Waals surface area contributed by atoms with Gasteiger partial charge in [0.05, 0.1) is 10.5 Å². The van der Waals surface area contributed by atoms with Crippen LogP contribution in [0.25, 0.3) is 6.08 Å². The van der Waals surface area contributed by atoms with Crippen molar-refractivity contribution in [3.05, 3.63) is 70.1 Å². The first-order valence-electron chi connectivity index (χ1n) is 10.8. The maximum absolute atomic E-state index is 12.7. The summed E-state index contributed by atoms with van der Waals surface area (Å²) >= 11 is 6.72. The van der Waals surface area contributed by atoms with Gasteiger partial charge < -0.3 is 10.4 Å². The van der Waals surface area contributed by atoms with Crippen LogP contribution in [0.2, 0.25) is 0 Å². The van der Waals surface area contributed by atoms with E-state index in [2.05, 4.69) is 24.4 Å². The maximum Gasteiger partial charge on any atom is 0.335 e. The first-order valence-corrected chi connectivity index (χ1v) is 12.1. The van der Waals surface area contributed by atoms with Gasteiger partial charge in [-0.05, 0) is 54.7 Å². The number of aryl methyl sites for hydroxylation is 1. The molecule has 0 aromatic heterocycles. The van der Waals surface area contributed by atoms with E-state index in [0.717, 1.165) is 24.8 Å². The lowest BCUT2D eigenvalue weighted by molar-refractivity contribution is -0.122. The topological polar surface area (TPSA) is 86.7 Å². The number of hydrogen-bond donors (Lipinski definition) is 2. The molecule has 1 aliphatic heterocycles. The summed E-state index contributed by atoms with van der Waals surface area (Å²) in [5.41, 5.74) is 2.83. The number of nitrogens with zero attached hydrogens (tertiary/aromatic N) is 1. The Labute approximate surface area is 203 Å². The number of thioether (sulfide) groups is 1. The molecule has 1 saturated heterocycles. The molecule has 2 amide bonds. The third kappa shape index (κ3) is 7.00. The van der Waals surface area contributed by atoms with Crippen LogP contribution in [0.1, 0.15) is 54.1 Å². The summed E-state index contributed by atoms with van der Waals surface area (Å²) in [6.45, 7) is 2.63. The molecule has 172 valence electrons. The second kappa shape index (κ2) is 11.8. The standard InChI is InChI=1S/C25H26N2O4S2/c1-2-17-10-12-18(13-11-17)15-21-23(29)27(25(32)33-21)14-5-3-4-9-22(28)26-20-8-6-7-19(16-20)24(30)31/h6-8,10-13,15-16H,2-5,9,14H2,1H3,(H,26,28)(H,30,31). The number of unbranched alkanes of at least 4 members (excludes halogenated alkanes) is 2. The number of amides is 2. The van der Waals surface area contributed by atoms with Gasteiger partial charge in [-0.15, -0.1) is 0 Å². The number of hydrogen-bond acceptors (Lipinski definition) is 5. The van der Waals surface area contributed by atoms with Crippen LogP contribution in [0.3, 0.4) is 0 Å². The molecule has 3 rings (SSSR count). The van der Waals surface area contributed by atoms with Crippen LogP contribution < -0.4 is 5.32 Å². The minimum Gasteiger partial charge on any atom is -0.478 e. The molecular formula is C25H26N2O4S2. The first-order chi connectivity index (χ1) is 15.9. The quantitative estimate of drug-likeness (QED) is 0.270. The van der Waals surface area contributed by atoms with Gasteiger partial charge in [0.15, 0.2) is 0 Å². The summed E-state index contributed by atoms with van der Waals surface area (Å²) in [5.74, 6) is -1.27. The highest BCUT2D eigenvalue weighted by molar-refractivity contribution is 8.26. The van der Waals surface area contributed by atoms with Crippen molar-refractivity contribution in [2.24, 2.45) is 0 Å². The monoisotopic (exact) mass is 482 g/mol. The lowest BCUT2D eigenvalue weighted by atomic mass is 10.1. The Balaban J connectivity index is 1.42. The predicted molar refractivity (Wildman–Crippen MR) is 136 cm³/mol. The second-order valence-corrected chi connectivity index (χ2v) is 9.35. The largest absolute Gasteiger partial charge is 0.478 e. The number of nitrogens with one attached hydrogen (secondary N) is 1. The maximum atomic E-state index is 12.7. The van der Waals surface area contributed by atoms with Crippen LogP contribution in [0.5, 0.6) is 0 Å². The Hall–Kier alpha value is -2.97. The van der Waals surface area contributed by atoms with Gasteiger partial charge in [0.1, 0.15) is 4.32 Å². The Kier molecular flexibility index (Phi) is 8.79. The number of carboxylic acid groups (broad SMARTS) is 1. The highest BCUT2D eigenvalue weighted by atomic mass is 32.2. The van der Waals surface area contributed by atoms with E-state index in [0.29, 0.717) is 34.3 Å². The van der Waals surface area contributed by atoms with Crippen LogP contribution >= 0.6 is 24.0 Å². The molecule has 0 atom stereocenters. The van der Waals surface area contributed by atoms with Gasteiger partial charge >= 0.3 is 5.97 Å². The summed E-state index contributed by atoms with van der Waals surface area (Å²) in [6, 6.07) is 14.3. The summed E-state index contributed by atoms with van der Waals surface area (Å²) in [5, 5.41) is 11.7. The second-order valence-electron chi connectivity index (χ2n) is 7.67. The number of carbonyl (C=O) groups excluding carboxylic acids is 2. The summed E-state index contributed by atoms with van der Waals surface area (Å²) in [4.78, 5) is 38.1. The number of anilines is 1. The summed E-state index contributed by atoms with van der Waals surface area (Å²) in [7, 11) is 0. The van der Waals surface area contributed by atoms with E-state index in [9.17, 15) is 14.4 Å². The molecule has 0 unspecified atom stereocenters. The van der Waals surface area contributed by atoms with Gasteiger partial charge in [-0.1, -0.05) is 67.7 Å². The van der Waals surface area contributed by atoms with Crippen LogP contribution in [-0.4, -0.2) is 38.7 Å². The van der Waals surface area contributed by atoms with Crippen molar-refractivity contribution in [2.75, 3.05) is 11.9 Å². The molecule has 2 aromatic rings. The number of carbonyl (C=O) groups is 3. The SMILES string of the molecule is CCc1ccc(C=C2SC(=S)N(CCCCCC(=O)Nc3cccc(C(=O)O)c3)C2=O)cc1. The fraction of sp³-hybridized carbons (Fsp3) is 0.280. The van der Waals surface area contributed by atoms with Crippen molar-refractivity contribution in [1.29, 1.82) is 0 Å². The fourth-order valence-electron chi connectivity index (χ4n) is 3.38. The number of benzene rings is 2. The minimum atomic E-state index is -1.04. The number of carboxylic acids is 1. The highest BCUT2D eigenvalue weighted by Gasteiger charge is 2.31. The van der Waals surface area contributed by atoms with Crippen LogP contribution in [0.4, 0.5) is 5.69 Å². The van der Waals surface area contributed by atoms with Crippen molar-refractivity contribution < 1.29 is 19.5 Å². The number of thiocarbonyl (C=S) groups is 1. The molecule has 2 aromatic carbocycles. The fourth-order valence-corrected chi connectivity index (χ4v) is 4.69. The third-order valence-electron chi connectivity index (χ3n) is 5.24. The van der Waals surface area contributed by atoms with E-state index in [1.807, 2.05) is 18.2 Å². The van der Waals surface area contributed by atoms with Crippen molar-refractivity contribution in [3.8, 4) is 0 Å². The molecule has 8 heteroatoms. The molecule has 0 radical (unpaired) electrons. The molecule has 1 fully saturated rings. The molecule has 6 nitrogen and oxygen atoms in total. The zero-order valence-electron chi connectivity index (χ0n) is 18.4. The molecule has 0 bridgehead atoms. The predicted octanol–water partition coefficient (Wildman–Crippen LogP) is 5.35. The first kappa shape index (κ1) is 24.7. The Bertz CT molecular complexity index is 1080. The van der Waals surface area contributed by atoms with Crippen LogP contribution in [0.15, 0.2) is 53.4 Å². The van der Waals surface area contributed by atoms with Gasteiger partial charge in [-0.2, -0.15) is 0 Å². The molecule has 0 aliphatic carbocycles.